The van der Waals surface area contributed by atoms with E-state index in [-0.39, 0.29) is 13.0 Å². The first kappa shape index (κ1) is 50.5. The van der Waals surface area contributed by atoms with Crippen molar-refractivity contribution >= 4 is 19.8 Å². The Morgan fingerprint density at radius 2 is 1.06 bits per heavy atom. The molecule has 0 spiro atoms. The molecule has 0 aromatic heterocycles. The monoisotopic (exact) mass is 760 g/mol. The Balaban J connectivity index is 4.16. The molecule has 0 amide bonds. The van der Waals surface area contributed by atoms with Gasteiger partial charge in [-0.15, -0.1) is 0 Å². The standard InChI is InChI=1S/C41H78NO9P/c1-3-5-7-9-11-13-15-16-17-18-19-20-21-22-23-24-26-28-30-32-34-48-35-38(36-49-52(46,47)50-37-39(42)41(44)45)51-40(43)33-31-29-27-25-14-12-10-8-6-4-2/h11,13,16-17,38-39H,3-10,12,14-15,18-37,42H2,1-2H3,(H,44,45)(H,46,47)/b13-11-,17-16-. The molecule has 0 aliphatic carbocycles. The molecule has 0 aliphatic rings. The van der Waals surface area contributed by atoms with Crippen molar-refractivity contribution in [1.29, 1.82) is 0 Å². The van der Waals surface area contributed by atoms with Crippen molar-refractivity contribution in [3.63, 3.8) is 0 Å². The van der Waals surface area contributed by atoms with E-state index in [1.165, 1.54) is 122 Å². The number of unbranched alkanes of at least 4 members (excludes halogenated alkanes) is 22. The molecule has 0 aromatic rings. The first-order valence-corrected chi connectivity index (χ1v) is 22.4. The Kier molecular flexibility index (Phi) is 36.6. The average molecular weight is 760 g/mol. The summed E-state index contributed by atoms with van der Waals surface area (Å²) in [7, 11) is -4.61. The van der Waals surface area contributed by atoms with Crippen molar-refractivity contribution in [1.82, 2.24) is 0 Å². The smallest absolute Gasteiger partial charge is 0.472 e. The van der Waals surface area contributed by atoms with E-state index in [1.807, 2.05) is 0 Å². The maximum Gasteiger partial charge on any atom is 0.472 e. The number of carbonyl (C=O) groups is 2. The average Bonchev–Trinajstić information content (AvgIpc) is 3.12. The Morgan fingerprint density at radius 1 is 0.615 bits per heavy atom. The van der Waals surface area contributed by atoms with E-state index in [1.54, 1.807) is 0 Å². The van der Waals surface area contributed by atoms with Crippen LogP contribution in [0.3, 0.4) is 0 Å². The minimum atomic E-state index is -4.61. The summed E-state index contributed by atoms with van der Waals surface area (Å²) >= 11 is 0. The van der Waals surface area contributed by atoms with Crippen LogP contribution in [-0.4, -0.2) is 60.5 Å². The van der Waals surface area contributed by atoms with Crippen LogP contribution < -0.4 is 5.73 Å². The number of phosphoric acid groups is 1. The lowest BCUT2D eigenvalue weighted by Crippen LogP contribution is -2.34. The molecule has 11 heteroatoms. The van der Waals surface area contributed by atoms with E-state index in [0.717, 1.165) is 38.5 Å². The van der Waals surface area contributed by atoms with Crippen LogP contribution in [0.15, 0.2) is 24.3 Å². The first-order chi connectivity index (χ1) is 25.2. The minimum Gasteiger partial charge on any atom is -0.480 e. The van der Waals surface area contributed by atoms with Crippen molar-refractivity contribution in [2.45, 2.75) is 199 Å². The highest BCUT2D eigenvalue weighted by molar-refractivity contribution is 7.47. The van der Waals surface area contributed by atoms with E-state index in [4.69, 9.17) is 29.4 Å². The highest BCUT2D eigenvalue weighted by Gasteiger charge is 2.27. The maximum atomic E-state index is 12.5. The van der Waals surface area contributed by atoms with Gasteiger partial charge >= 0.3 is 19.8 Å². The number of ether oxygens (including phenoxy) is 2. The van der Waals surface area contributed by atoms with Crippen molar-refractivity contribution in [3.05, 3.63) is 24.3 Å². The van der Waals surface area contributed by atoms with Crippen LogP contribution in [0.4, 0.5) is 0 Å². The molecule has 0 rings (SSSR count). The van der Waals surface area contributed by atoms with Crippen molar-refractivity contribution in [3.8, 4) is 0 Å². The number of aliphatic carboxylic acids is 1. The Morgan fingerprint density at radius 3 is 1.60 bits per heavy atom. The zero-order valence-corrected chi connectivity index (χ0v) is 34.1. The molecule has 0 radical (unpaired) electrons. The fraction of sp³-hybridized carbons (Fsp3) is 0.854. The second kappa shape index (κ2) is 37.8. The van der Waals surface area contributed by atoms with Gasteiger partial charge in [0.2, 0.25) is 0 Å². The lowest BCUT2D eigenvalue weighted by molar-refractivity contribution is -0.154. The van der Waals surface area contributed by atoms with Crippen LogP contribution >= 0.6 is 7.82 Å². The van der Waals surface area contributed by atoms with E-state index in [9.17, 15) is 19.0 Å². The van der Waals surface area contributed by atoms with Gasteiger partial charge in [0.05, 0.1) is 19.8 Å². The van der Waals surface area contributed by atoms with E-state index in [2.05, 4.69) is 38.2 Å². The molecule has 0 saturated heterocycles. The van der Waals surface area contributed by atoms with Gasteiger partial charge in [0.15, 0.2) is 0 Å². The molecule has 4 N–H and O–H groups in total. The van der Waals surface area contributed by atoms with Gasteiger partial charge in [0.25, 0.3) is 0 Å². The summed E-state index contributed by atoms with van der Waals surface area (Å²) in [4.78, 5) is 33.4. The first-order valence-electron chi connectivity index (χ1n) is 20.9. The summed E-state index contributed by atoms with van der Waals surface area (Å²) in [6.07, 6.45) is 39.5. The predicted octanol–water partition coefficient (Wildman–Crippen LogP) is 11.1. The van der Waals surface area contributed by atoms with Crippen LogP contribution in [0.2, 0.25) is 0 Å². The summed E-state index contributed by atoms with van der Waals surface area (Å²) in [6.45, 7) is 3.84. The number of esters is 1. The van der Waals surface area contributed by atoms with Crippen LogP contribution in [0.25, 0.3) is 0 Å². The highest BCUT2D eigenvalue weighted by Crippen LogP contribution is 2.43. The molecule has 0 fully saturated rings. The fourth-order valence-corrected chi connectivity index (χ4v) is 6.47. The topological polar surface area (TPSA) is 155 Å². The number of rotatable bonds is 40. The molecule has 0 aromatic carbocycles. The van der Waals surface area contributed by atoms with Crippen molar-refractivity contribution in [2.24, 2.45) is 5.73 Å². The van der Waals surface area contributed by atoms with Crippen molar-refractivity contribution < 1.29 is 42.7 Å². The molecule has 0 heterocycles. The fourth-order valence-electron chi connectivity index (χ4n) is 5.69. The quantitative estimate of drug-likeness (QED) is 0.0238. The summed E-state index contributed by atoms with van der Waals surface area (Å²) < 4.78 is 33.2. The van der Waals surface area contributed by atoms with Gasteiger partial charge in [-0.2, -0.15) is 0 Å². The molecule has 3 unspecified atom stereocenters. The molecule has 0 saturated carbocycles. The number of allylic oxidation sites excluding steroid dienone is 4. The number of phosphoric ester groups is 1. The van der Waals surface area contributed by atoms with Gasteiger partial charge in [-0.25, -0.2) is 4.57 Å². The lowest BCUT2D eigenvalue weighted by Gasteiger charge is -2.20. The van der Waals surface area contributed by atoms with Gasteiger partial charge in [0, 0.05) is 13.0 Å². The molecule has 3 atom stereocenters. The molecular formula is C41H78NO9P. The van der Waals surface area contributed by atoms with Gasteiger partial charge in [-0.05, 0) is 44.9 Å². The third-order valence-corrected chi connectivity index (χ3v) is 9.93. The summed E-state index contributed by atoms with van der Waals surface area (Å²) in [6, 6.07) is -1.47. The number of carbonyl (C=O) groups excluding carboxylic acids is 1. The number of carboxylic acid groups (broad SMARTS) is 1. The molecule has 0 bridgehead atoms. The van der Waals surface area contributed by atoms with Gasteiger partial charge < -0.3 is 25.2 Å². The number of hydrogen-bond acceptors (Lipinski definition) is 8. The van der Waals surface area contributed by atoms with E-state index in [0.29, 0.717) is 13.0 Å². The van der Waals surface area contributed by atoms with Crippen LogP contribution in [0, 0.1) is 0 Å². The molecule has 306 valence electrons. The van der Waals surface area contributed by atoms with Crippen LogP contribution in [0.1, 0.15) is 187 Å². The predicted molar refractivity (Wildman–Crippen MR) is 212 cm³/mol. The van der Waals surface area contributed by atoms with Gasteiger partial charge in [-0.3, -0.25) is 18.6 Å². The summed E-state index contributed by atoms with van der Waals surface area (Å²) in [5.74, 6) is -1.78. The normalized spacial score (nSPS) is 14.2. The second-order valence-electron chi connectivity index (χ2n) is 14.1. The minimum absolute atomic E-state index is 0.0182. The number of nitrogens with two attached hydrogens (primary N) is 1. The number of hydrogen-bond donors (Lipinski definition) is 3. The summed E-state index contributed by atoms with van der Waals surface area (Å²) in [5.41, 5.74) is 5.34. The molecule has 52 heavy (non-hydrogen) atoms. The third-order valence-electron chi connectivity index (χ3n) is 8.98. The molecule has 0 aliphatic heterocycles. The largest absolute Gasteiger partial charge is 0.480 e. The van der Waals surface area contributed by atoms with Gasteiger partial charge in [-0.1, -0.05) is 160 Å². The van der Waals surface area contributed by atoms with E-state index >= 15 is 0 Å². The third kappa shape index (κ3) is 36.8. The Bertz CT molecular complexity index is 930. The van der Waals surface area contributed by atoms with Crippen molar-refractivity contribution in [2.75, 3.05) is 26.4 Å². The molecule has 10 nitrogen and oxygen atoms in total. The maximum absolute atomic E-state index is 12.5. The lowest BCUT2D eigenvalue weighted by atomic mass is 10.1. The highest BCUT2D eigenvalue weighted by atomic mass is 31.2. The number of carboxylic acids is 1. The zero-order chi connectivity index (χ0) is 38.4. The van der Waals surface area contributed by atoms with Crippen LogP contribution in [-0.2, 0) is 32.7 Å². The zero-order valence-electron chi connectivity index (χ0n) is 33.2. The Hall–Kier alpha value is -1.55. The second-order valence-corrected chi connectivity index (χ2v) is 15.6. The van der Waals surface area contributed by atoms with E-state index < -0.39 is 45.1 Å². The van der Waals surface area contributed by atoms with Gasteiger partial charge in [0.1, 0.15) is 12.1 Å². The summed E-state index contributed by atoms with van der Waals surface area (Å²) in [5, 5.41) is 8.87. The molecular weight excluding hydrogens is 681 g/mol. The van der Waals surface area contributed by atoms with Crippen LogP contribution in [0.5, 0.6) is 0 Å². The SMILES string of the molecule is CCCCC/C=C\C/C=C\CCCCCCCCCCCCOCC(COP(=O)(O)OCC(N)C(=O)O)OC(=O)CCCCCCCCCCCC. The Labute approximate surface area is 317 Å².